The summed E-state index contributed by atoms with van der Waals surface area (Å²) in [4.78, 5) is 35.2. The number of carbonyl (C=O) groups is 3. The molecule has 0 aromatic heterocycles. The predicted octanol–water partition coefficient (Wildman–Crippen LogP) is 1.14. The molecule has 1 aliphatic rings. The maximum absolute atomic E-state index is 11.5. The number of nitrogens with zero attached hydrogens (tertiary/aromatic N) is 1. The average molecular weight is 211 g/mol. The summed E-state index contributed by atoms with van der Waals surface area (Å²) in [6.07, 6.45) is 1.90. The fourth-order valence-electron chi connectivity index (χ4n) is 1.69. The van der Waals surface area contributed by atoms with Gasteiger partial charge in [-0.1, -0.05) is 13.8 Å². The Hall–Kier alpha value is -1.19. The Morgan fingerprint density at radius 3 is 2.60 bits per heavy atom. The molecule has 0 aromatic rings. The van der Waals surface area contributed by atoms with Crippen LogP contribution in [0.25, 0.3) is 0 Å². The third-order valence-electron chi connectivity index (χ3n) is 2.70. The minimum atomic E-state index is -0.181. The summed E-state index contributed by atoms with van der Waals surface area (Å²) in [7, 11) is 0. The van der Waals surface area contributed by atoms with Crippen LogP contribution >= 0.6 is 0 Å². The SMILES string of the molecule is CCC(=O)CCCN1C(=O)CC(C)C1=O. The molecular weight excluding hydrogens is 194 g/mol. The average Bonchev–Trinajstić information content (AvgIpc) is 2.44. The number of Topliss-reactive ketones (excluding diaryl/α,β-unsaturated/α-hetero) is 1. The fourth-order valence-corrected chi connectivity index (χ4v) is 1.69. The summed E-state index contributed by atoms with van der Waals surface area (Å²) in [5, 5.41) is 0. The lowest BCUT2D eigenvalue weighted by Gasteiger charge is -2.13. The van der Waals surface area contributed by atoms with E-state index in [0.29, 0.717) is 32.2 Å². The summed E-state index contributed by atoms with van der Waals surface area (Å²) in [6.45, 7) is 3.97. The van der Waals surface area contributed by atoms with Gasteiger partial charge in [0.2, 0.25) is 11.8 Å². The normalized spacial score (nSPS) is 21.2. The van der Waals surface area contributed by atoms with Gasteiger partial charge >= 0.3 is 0 Å². The van der Waals surface area contributed by atoms with Crippen LogP contribution in [0.3, 0.4) is 0 Å². The smallest absolute Gasteiger partial charge is 0.232 e. The molecule has 1 saturated heterocycles. The van der Waals surface area contributed by atoms with Gasteiger partial charge in [0.15, 0.2) is 0 Å². The summed E-state index contributed by atoms with van der Waals surface area (Å²) in [5.74, 6) is -0.193. The minimum absolute atomic E-state index is 0.0936. The zero-order valence-corrected chi connectivity index (χ0v) is 9.28. The number of likely N-dealkylation sites (tertiary alicyclic amines) is 1. The van der Waals surface area contributed by atoms with Gasteiger partial charge in [-0.2, -0.15) is 0 Å². The summed E-state index contributed by atoms with van der Waals surface area (Å²) in [5.41, 5.74) is 0. The lowest BCUT2D eigenvalue weighted by atomic mass is 10.1. The van der Waals surface area contributed by atoms with E-state index >= 15 is 0 Å². The van der Waals surface area contributed by atoms with Gasteiger partial charge in [0.25, 0.3) is 0 Å². The van der Waals surface area contributed by atoms with Gasteiger partial charge < -0.3 is 0 Å². The van der Waals surface area contributed by atoms with Gasteiger partial charge in [-0.3, -0.25) is 19.3 Å². The Labute approximate surface area is 89.6 Å². The van der Waals surface area contributed by atoms with Crippen LogP contribution in [0.2, 0.25) is 0 Å². The van der Waals surface area contributed by atoms with E-state index in [9.17, 15) is 14.4 Å². The molecule has 1 unspecified atom stereocenters. The van der Waals surface area contributed by atoms with Crippen LogP contribution < -0.4 is 0 Å². The van der Waals surface area contributed by atoms with Crippen LogP contribution in [0.4, 0.5) is 0 Å². The molecule has 0 radical (unpaired) electrons. The largest absolute Gasteiger partial charge is 0.300 e. The van der Waals surface area contributed by atoms with Crippen molar-refractivity contribution in [3.8, 4) is 0 Å². The number of imide groups is 1. The molecule has 0 N–H and O–H groups in total. The summed E-state index contributed by atoms with van der Waals surface area (Å²) >= 11 is 0. The number of hydrogen-bond donors (Lipinski definition) is 0. The molecule has 4 heteroatoms. The third-order valence-corrected chi connectivity index (χ3v) is 2.70. The second kappa shape index (κ2) is 5.05. The van der Waals surface area contributed by atoms with Gasteiger partial charge in [0.1, 0.15) is 5.78 Å². The molecular formula is C11H17NO3. The molecule has 84 valence electrons. The van der Waals surface area contributed by atoms with Crippen LogP contribution in [-0.2, 0) is 14.4 Å². The lowest BCUT2D eigenvalue weighted by molar-refractivity contribution is -0.139. The van der Waals surface area contributed by atoms with E-state index in [0.717, 1.165) is 0 Å². The zero-order valence-electron chi connectivity index (χ0n) is 9.28. The van der Waals surface area contributed by atoms with Gasteiger partial charge in [-0.15, -0.1) is 0 Å². The fraction of sp³-hybridized carbons (Fsp3) is 0.727. The monoisotopic (exact) mass is 211 g/mol. The number of hydrogen-bond acceptors (Lipinski definition) is 3. The van der Waals surface area contributed by atoms with Crippen molar-refractivity contribution in [3.63, 3.8) is 0 Å². The number of rotatable bonds is 5. The highest BCUT2D eigenvalue weighted by atomic mass is 16.2. The Bertz CT molecular complexity index is 286. The molecule has 4 nitrogen and oxygen atoms in total. The molecule has 1 fully saturated rings. The van der Waals surface area contributed by atoms with E-state index in [1.54, 1.807) is 6.92 Å². The standard InChI is InChI=1S/C11H17NO3/c1-3-9(13)5-4-6-12-10(14)7-8(2)11(12)15/h8H,3-7H2,1-2H3. The van der Waals surface area contributed by atoms with Crippen molar-refractivity contribution < 1.29 is 14.4 Å². The van der Waals surface area contributed by atoms with Crippen LogP contribution in [0.5, 0.6) is 0 Å². The highest BCUT2D eigenvalue weighted by Gasteiger charge is 2.34. The van der Waals surface area contributed by atoms with E-state index in [4.69, 9.17) is 0 Å². The topological polar surface area (TPSA) is 54.5 Å². The Morgan fingerprint density at radius 1 is 1.47 bits per heavy atom. The minimum Gasteiger partial charge on any atom is -0.300 e. The number of ketones is 1. The Morgan fingerprint density at radius 2 is 2.13 bits per heavy atom. The van der Waals surface area contributed by atoms with E-state index in [1.807, 2.05) is 6.92 Å². The Kier molecular flexibility index (Phi) is 4.00. The molecule has 2 amide bonds. The highest BCUT2D eigenvalue weighted by Crippen LogP contribution is 2.19. The molecule has 1 heterocycles. The Balaban J connectivity index is 2.36. The van der Waals surface area contributed by atoms with Crippen molar-refractivity contribution in [2.24, 2.45) is 5.92 Å². The number of carbonyl (C=O) groups excluding carboxylic acids is 3. The van der Waals surface area contributed by atoms with Gasteiger partial charge in [-0.05, 0) is 6.42 Å². The molecule has 1 aliphatic heterocycles. The first-order valence-corrected chi connectivity index (χ1v) is 5.42. The van der Waals surface area contributed by atoms with Crippen LogP contribution in [0.15, 0.2) is 0 Å². The molecule has 0 aliphatic carbocycles. The van der Waals surface area contributed by atoms with Crippen LogP contribution in [-0.4, -0.2) is 29.0 Å². The molecule has 1 rings (SSSR count). The van der Waals surface area contributed by atoms with Crippen molar-refractivity contribution in [3.05, 3.63) is 0 Å². The highest BCUT2D eigenvalue weighted by molar-refractivity contribution is 6.03. The molecule has 0 bridgehead atoms. The first-order chi connectivity index (χ1) is 7.06. The van der Waals surface area contributed by atoms with Crippen molar-refractivity contribution >= 4 is 17.6 Å². The van der Waals surface area contributed by atoms with E-state index < -0.39 is 0 Å². The van der Waals surface area contributed by atoms with Crippen molar-refractivity contribution in [2.45, 2.75) is 39.5 Å². The van der Waals surface area contributed by atoms with Crippen molar-refractivity contribution in [1.29, 1.82) is 0 Å². The molecule has 0 spiro atoms. The third kappa shape index (κ3) is 2.88. The summed E-state index contributed by atoms with van der Waals surface area (Å²) < 4.78 is 0. The predicted molar refractivity (Wildman–Crippen MR) is 55.0 cm³/mol. The zero-order chi connectivity index (χ0) is 11.4. The second-order valence-corrected chi connectivity index (χ2v) is 3.98. The quantitative estimate of drug-likeness (QED) is 0.641. The van der Waals surface area contributed by atoms with Crippen LogP contribution in [0.1, 0.15) is 39.5 Å². The maximum Gasteiger partial charge on any atom is 0.232 e. The van der Waals surface area contributed by atoms with E-state index in [-0.39, 0.29) is 23.5 Å². The van der Waals surface area contributed by atoms with E-state index in [1.165, 1.54) is 4.90 Å². The summed E-state index contributed by atoms with van der Waals surface area (Å²) in [6, 6.07) is 0. The van der Waals surface area contributed by atoms with Crippen molar-refractivity contribution in [2.75, 3.05) is 6.54 Å². The second-order valence-electron chi connectivity index (χ2n) is 3.98. The van der Waals surface area contributed by atoms with Gasteiger partial charge in [-0.25, -0.2) is 0 Å². The number of amides is 2. The van der Waals surface area contributed by atoms with Gasteiger partial charge in [0, 0.05) is 31.7 Å². The maximum atomic E-state index is 11.5. The molecule has 0 saturated carbocycles. The van der Waals surface area contributed by atoms with E-state index in [2.05, 4.69) is 0 Å². The first-order valence-electron chi connectivity index (χ1n) is 5.42. The molecule has 0 aromatic carbocycles. The van der Waals surface area contributed by atoms with Crippen LogP contribution in [0, 0.1) is 5.92 Å². The van der Waals surface area contributed by atoms with Crippen molar-refractivity contribution in [1.82, 2.24) is 4.90 Å². The van der Waals surface area contributed by atoms with Gasteiger partial charge in [0.05, 0.1) is 0 Å². The molecule has 1 atom stereocenters. The lowest BCUT2D eigenvalue weighted by Crippen LogP contribution is -2.31. The molecule has 15 heavy (non-hydrogen) atoms. The first kappa shape index (κ1) is 11.9.